The van der Waals surface area contributed by atoms with E-state index in [1.54, 1.807) is 13.3 Å². The molecule has 1 spiro atoms. The quantitative estimate of drug-likeness (QED) is 0.725. The number of rotatable bonds is 6. The van der Waals surface area contributed by atoms with Crippen molar-refractivity contribution in [2.45, 2.75) is 57.0 Å². The van der Waals surface area contributed by atoms with Gasteiger partial charge in [0.15, 0.2) is 0 Å². The lowest BCUT2D eigenvalue weighted by molar-refractivity contribution is -0.193. The molecule has 2 atom stereocenters. The normalized spacial score (nSPS) is 24.5. The molecule has 1 aromatic heterocycles. The third kappa shape index (κ3) is 4.80. The summed E-state index contributed by atoms with van der Waals surface area (Å²) >= 11 is 0. The van der Waals surface area contributed by atoms with Crippen molar-refractivity contribution in [3.63, 3.8) is 0 Å². The highest BCUT2D eigenvalue weighted by Crippen LogP contribution is 2.44. The monoisotopic (exact) mass is 396 g/mol. The zero-order valence-electron chi connectivity index (χ0n) is 17.5. The van der Waals surface area contributed by atoms with Crippen molar-refractivity contribution in [1.29, 1.82) is 0 Å². The Hall–Kier alpha value is -1.95. The van der Waals surface area contributed by atoms with Gasteiger partial charge in [0.25, 0.3) is 0 Å². The zero-order chi connectivity index (χ0) is 20.1. The number of ether oxygens (including phenoxy) is 3. The molecule has 2 aromatic rings. The number of likely N-dealkylation sites (tertiary alicyclic amines) is 1. The molecule has 2 aliphatic rings. The van der Waals surface area contributed by atoms with Crippen LogP contribution >= 0.6 is 0 Å². The average molecular weight is 397 g/mol. The van der Waals surface area contributed by atoms with Gasteiger partial charge in [0.1, 0.15) is 0 Å². The molecule has 2 aliphatic heterocycles. The Morgan fingerprint density at radius 1 is 1.14 bits per heavy atom. The number of hydrogen-bond donors (Lipinski definition) is 0. The number of piperidine rings is 1. The summed E-state index contributed by atoms with van der Waals surface area (Å²) in [6.45, 7) is 5.74. The first-order valence-electron chi connectivity index (χ1n) is 10.8. The molecule has 1 aromatic carbocycles. The molecule has 0 unspecified atom stereocenters. The maximum atomic E-state index is 6.78. The van der Waals surface area contributed by atoms with Crippen molar-refractivity contribution in [2.75, 3.05) is 26.8 Å². The van der Waals surface area contributed by atoms with Crippen molar-refractivity contribution in [2.24, 2.45) is 0 Å². The Balaban J connectivity index is 1.44. The smallest absolute Gasteiger partial charge is 0.217 e. The van der Waals surface area contributed by atoms with Gasteiger partial charge < -0.3 is 14.2 Å². The molecule has 3 heterocycles. The molecule has 5 nitrogen and oxygen atoms in total. The third-order valence-electron chi connectivity index (χ3n) is 6.25. The van der Waals surface area contributed by atoms with E-state index >= 15 is 0 Å². The predicted molar refractivity (Wildman–Crippen MR) is 113 cm³/mol. The molecular weight excluding hydrogens is 364 g/mol. The molecule has 0 saturated carbocycles. The first-order chi connectivity index (χ1) is 14.2. The Morgan fingerprint density at radius 3 is 2.66 bits per heavy atom. The van der Waals surface area contributed by atoms with Crippen LogP contribution in [0.1, 0.15) is 49.8 Å². The maximum absolute atomic E-state index is 6.78. The Morgan fingerprint density at radius 2 is 1.93 bits per heavy atom. The zero-order valence-corrected chi connectivity index (χ0v) is 17.5. The minimum Gasteiger partial charge on any atom is -0.481 e. The minimum atomic E-state index is -0.0892. The second-order valence-electron chi connectivity index (χ2n) is 8.17. The summed E-state index contributed by atoms with van der Waals surface area (Å²) in [6, 6.07) is 14.7. The van der Waals surface area contributed by atoms with E-state index in [1.807, 2.05) is 6.07 Å². The van der Waals surface area contributed by atoms with Gasteiger partial charge in [0, 0.05) is 50.8 Å². The number of aromatic nitrogens is 1. The van der Waals surface area contributed by atoms with Gasteiger partial charge in [-0.2, -0.15) is 0 Å². The highest BCUT2D eigenvalue weighted by atomic mass is 16.5. The molecular formula is C24H32N2O3. The molecule has 5 heteroatoms. The summed E-state index contributed by atoms with van der Waals surface area (Å²) in [5, 5.41) is 0. The lowest BCUT2D eigenvalue weighted by Crippen LogP contribution is -2.51. The molecule has 0 aliphatic carbocycles. The van der Waals surface area contributed by atoms with Gasteiger partial charge in [0.05, 0.1) is 24.9 Å². The molecule has 2 fully saturated rings. The van der Waals surface area contributed by atoms with E-state index in [4.69, 9.17) is 14.2 Å². The summed E-state index contributed by atoms with van der Waals surface area (Å²) in [6.07, 6.45) is 6.16. The van der Waals surface area contributed by atoms with Gasteiger partial charge in [0.2, 0.25) is 5.88 Å². The standard InChI is InChI=1S/C24H32N2O3/c1-3-28-21-16-22(19-8-5-4-6-9-19)29-24(17-21)11-14-26(15-12-24)18-20-10-7-13-25-23(20)27-2/h4-10,13,21-22H,3,11-12,14-18H2,1-2H3/t21-,22-/m1/s1. The predicted octanol–water partition coefficient (Wildman–Crippen LogP) is 4.38. The largest absolute Gasteiger partial charge is 0.481 e. The van der Waals surface area contributed by atoms with Gasteiger partial charge >= 0.3 is 0 Å². The fourth-order valence-corrected chi connectivity index (χ4v) is 4.78. The van der Waals surface area contributed by atoms with Crippen LogP contribution in [0.5, 0.6) is 5.88 Å². The van der Waals surface area contributed by atoms with Crippen LogP contribution in [0.2, 0.25) is 0 Å². The highest BCUT2D eigenvalue weighted by molar-refractivity contribution is 5.25. The first kappa shape index (κ1) is 20.3. The van der Waals surface area contributed by atoms with Crippen LogP contribution < -0.4 is 4.74 Å². The number of nitrogens with zero attached hydrogens (tertiary/aromatic N) is 2. The number of methoxy groups -OCH3 is 1. The molecule has 2 saturated heterocycles. The van der Waals surface area contributed by atoms with Crippen molar-refractivity contribution >= 4 is 0 Å². The topological polar surface area (TPSA) is 43.8 Å². The van der Waals surface area contributed by atoms with E-state index in [2.05, 4.69) is 53.2 Å². The molecule has 0 amide bonds. The van der Waals surface area contributed by atoms with Gasteiger partial charge in [-0.3, -0.25) is 4.90 Å². The first-order valence-corrected chi connectivity index (χ1v) is 10.8. The van der Waals surface area contributed by atoms with Crippen molar-refractivity contribution < 1.29 is 14.2 Å². The Labute approximate surface area is 174 Å². The second kappa shape index (κ2) is 9.24. The number of hydrogen-bond acceptors (Lipinski definition) is 5. The summed E-state index contributed by atoms with van der Waals surface area (Å²) in [7, 11) is 1.69. The minimum absolute atomic E-state index is 0.0892. The molecule has 4 rings (SSSR count). The summed E-state index contributed by atoms with van der Waals surface area (Å²) in [5.41, 5.74) is 2.32. The van der Waals surface area contributed by atoms with Gasteiger partial charge in [-0.05, 0) is 31.4 Å². The van der Waals surface area contributed by atoms with Crippen LogP contribution in [0.3, 0.4) is 0 Å². The lowest BCUT2D eigenvalue weighted by atomic mass is 9.80. The van der Waals surface area contributed by atoms with Crippen LogP contribution in [-0.2, 0) is 16.0 Å². The average Bonchev–Trinajstić information content (AvgIpc) is 2.76. The number of benzene rings is 1. The highest BCUT2D eigenvalue weighted by Gasteiger charge is 2.44. The maximum Gasteiger partial charge on any atom is 0.217 e. The second-order valence-corrected chi connectivity index (χ2v) is 8.17. The van der Waals surface area contributed by atoms with Crippen LogP contribution in [-0.4, -0.2) is 48.4 Å². The molecule has 0 N–H and O–H groups in total. The van der Waals surface area contributed by atoms with Crippen LogP contribution in [0.15, 0.2) is 48.7 Å². The van der Waals surface area contributed by atoms with Crippen molar-refractivity contribution in [1.82, 2.24) is 9.88 Å². The van der Waals surface area contributed by atoms with E-state index in [9.17, 15) is 0 Å². The van der Waals surface area contributed by atoms with Crippen LogP contribution in [0.25, 0.3) is 0 Å². The Bertz CT molecular complexity index is 775. The third-order valence-corrected chi connectivity index (χ3v) is 6.25. The van der Waals surface area contributed by atoms with Crippen molar-refractivity contribution in [3.8, 4) is 5.88 Å². The van der Waals surface area contributed by atoms with E-state index in [1.165, 1.54) is 5.56 Å². The van der Waals surface area contributed by atoms with Gasteiger partial charge in [-0.1, -0.05) is 36.4 Å². The fraction of sp³-hybridized carbons (Fsp3) is 0.542. The summed E-state index contributed by atoms with van der Waals surface area (Å²) in [5.74, 6) is 0.724. The molecule has 29 heavy (non-hydrogen) atoms. The molecule has 0 radical (unpaired) electrons. The Kier molecular flexibility index (Phi) is 6.48. The van der Waals surface area contributed by atoms with Crippen LogP contribution in [0.4, 0.5) is 0 Å². The van der Waals surface area contributed by atoms with E-state index in [-0.39, 0.29) is 17.8 Å². The van der Waals surface area contributed by atoms with Gasteiger partial charge in [-0.15, -0.1) is 0 Å². The summed E-state index contributed by atoms with van der Waals surface area (Å²) in [4.78, 5) is 6.81. The SMILES string of the molecule is CCO[C@@H]1C[C@H](c2ccccc2)OC2(CCN(Cc3cccnc3OC)CC2)C1. The summed E-state index contributed by atoms with van der Waals surface area (Å²) < 4.78 is 18.3. The van der Waals surface area contributed by atoms with Gasteiger partial charge in [-0.25, -0.2) is 4.98 Å². The molecule has 0 bridgehead atoms. The van der Waals surface area contributed by atoms with Crippen molar-refractivity contribution in [3.05, 3.63) is 59.8 Å². The van der Waals surface area contributed by atoms with E-state index in [0.29, 0.717) is 0 Å². The number of pyridine rings is 1. The molecule has 156 valence electrons. The van der Waals surface area contributed by atoms with E-state index in [0.717, 1.165) is 63.4 Å². The fourth-order valence-electron chi connectivity index (χ4n) is 4.78. The van der Waals surface area contributed by atoms with E-state index < -0.39 is 0 Å². The van der Waals surface area contributed by atoms with Crippen LogP contribution in [0, 0.1) is 0 Å². The lowest BCUT2D eigenvalue weighted by Gasteiger charge is -2.49.